The van der Waals surface area contributed by atoms with Crippen LogP contribution in [0.25, 0.3) is 0 Å². The summed E-state index contributed by atoms with van der Waals surface area (Å²) in [6, 6.07) is -0.161. The number of hydrogen-bond donors (Lipinski definition) is 2. The Kier molecular flexibility index (Phi) is 15.8. The van der Waals surface area contributed by atoms with Crippen LogP contribution >= 0.6 is 0 Å². The summed E-state index contributed by atoms with van der Waals surface area (Å²) in [5.41, 5.74) is 0. The lowest BCUT2D eigenvalue weighted by atomic mass is 10.0. The first-order valence-corrected chi connectivity index (χ1v) is 12.8. The van der Waals surface area contributed by atoms with Gasteiger partial charge in [-0.25, -0.2) is 0 Å². The number of carbonyl (C=O) groups is 1. The maximum atomic E-state index is 11.0. The largest absolute Gasteiger partial charge is 0.481 e. The molecule has 0 aromatic rings. The first kappa shape index (κ1) is 26.9. The van der Waals surface area contributed by atoms with Crippen LogP contribution < -0.4 is 0 Å². The van der Waals surface area contributed by atoms with Gasteiger partial charge in [0.15, 0.2) is 0 Å². The molecule has 0 unspecified atom stereocenters. The van der Waals surface area contributed by atoms with Gasteiger partial charge in [-0.3, -0.25) is 9.79 Å². The van der Waals surface area contributed by atoms with E-state index in [2.05, 4.69) is 11.9 Å². The topological polar surface area (TPSA) is 73.1 Å². The Morgan fingerprint density at radius 1 is 0.800 bits per heavy atom. The highest BCUT2D eigenvalue weighted by atomic mass is 16.4. The molecule has 5 heteroatoms. The summed E-state index contributed by atoms with van der Waals surface area (Å²) in [5.74, 6) is -0.360. The van der Waals surface area contributed by atoms with E-state index in [1.165, 1.54) is 96.3 Å². The third kappa shape index (κ3) is 11.9. The van der Waals surface area contributed by atoms with E-state index in [1.54, 1.807) is 4.90 Å². The van der Waals surface area contributed by atoms with Gasteiger partial charge in [-0.15, -0.1) is 0 Å². The summed E-state index contributed by atoms with van der Waals surface area (Å²) in [6.07, 6.45) is 21.7. The average Bonchev–Trinajstić information content (AvgIpc) is 3.01. The molecule has 5 nitrogen and oxygen atoms in total. The Balaban J connectivity index is 1.93. The molecule has 1 aliphatic rings. The molecular formula is C25H48N2O3. The van der Waals surface area contributed by atoms with Crippen LogP contribution in [0.4, 0.5) is 0 Å². The van der Waals surface area contributed by atoms with Crippen molar-refractivity contribution in [2.75, 3.05) is 6.54 Å². The maximum Gasteiger partial charge on any atom is 0.310 e. The van der Waals surface area contributed by atoms with Crippen LogP contribution in [0.2, 0.25) is 0 Å². The zero-order chi connectivity index (χ0) is 22.0. The summed E-state index contributed by atoms with van der Waals surface area (Å²) in [7, 11) is 0. The first-order chi connectivity index (χ1) is 14.6. The third-order valence-corrected chi connectivity index (χ3v) is 6.31. The summed E-state index contributed by atoms with van der Waals surface area (Å²) >= 11 is 0. The molecule has 0 aromatic carbocycles. The van der Waals surface area contributed by atoms with Crippen LogP contribution in [0, 0.1) is 0 Å². The minimum absolute atomic E-state index is 0.0969. The van der Waals surface area contributed by atoms with Crippen molar-refractivity contribution in [3.63, 3.8) is 0 Å². The van der Waals surface area contributed by atoms with Crippen molar-refractivity contribution in [1.29, 1.82) is 0 Å². The van der Waals surface area contributed by atoms with Crippen LogP contribution in [0.5, 0.6) is 0 Å². The Morgan fingerprint density at radius 2 is 1.23 bits per heavy atom. The average molecular weight is 425 g/mol. The van der Waals surface area contributed by atoms with Crippen molar-refractivity contribution in [1.82, 2.24) is 4.90 Å². The van der Waals surface area contributed by atoms with Crippen molar-refractivity contribution in [2.24, 2.45) is 4.99 Å². The van der Waals surface area contributed by atoms with E-state index in [1.807, 2.05) is 6.92 Å². The normalized spacial score (nSPS) is 18.8. The number of aliphatic carboxylic acids is 1. The minimum Gasteiger partial charge on any atom is -0.481 e. The zero-order valence-electron chi connectivity index (χ0n) is 19.8. The molecule has 0 radical (unpaired) electrons. The molecule has 1 heterocycles. The van der Waals surface area contributed by atoms with E-state index in [-0.39, 0.29) is 12.5 Å². The van der Waals surface area contributed by atoms with E-state index < -0.39 is 12.2 Å². The molecule has 0 saturated heterocycles. The smallest absolute Gasteiger partial charge is 0.310 e. The van der Waals surface area contributed by atoms with Gasteiger partial charge in [0.25, 0.3) is 0 Å². The van der Waals surface area contributed by atoms with Gasteiger partial charge in [0.05, 0.1) is 6.04 Å². The Bertz CT molecular complexity index is 467. The van der Waals surface area contributed by atoms with Crippen LogP contribution in [-0.2, 0) is 4.79 Å². The molecular weight excluding hydrogens is 376 g/mol. The Morgan fingerprint density at radius 3 is 1.63 bits per heavy atom. The molecule has 30 heavy (non-hydrogen) atoms. The second-order valence-corrected chi connectivity index (χ2v) is 8.97. The molecule has 0 fully saturated rings. The van der Waals surface area contributed by atoms with Gasteiger partial charge in [-0.05, 0) is 13.3 Å². The molecule has 0 spiro atoms. The van der Waals surface area contributed by atoms with Crippen molar-refractivity contribution >= 4 is 11.8 Å². The molecule has 176 valence electrons. The number of aliphatic imine (C=N–C) groups is 1. The summed E-state index contributed by atoms with van der Waals surface area (Å²) < 4.78 is 0. The monoisotopic (exact) mass is 424 g/mol. The van der Waals surface area contributed by atoms with Gasteiger partial charge in [0, 0.05) is 6.54 Å². The standard InChI is InChI=1S/C25H48N2O3/c1-3-5-6-7-8-9-10-11-12-13-14-15-16-17-18-19-20-22-25(30)27(4-2)23(26-22)21-24(28)29/h22,25,30H,3-21H2,1-2H3,(H,28,29)/t22-,25+/m0/s1. The second-order valence-electron chi connectivity index (χ2n) is 8.97. The van der Waals surface area contributed by atoms with Crippen LogP contribution in [0.15, 0.2) is 4.99 Å². The van der Waals surface area contributed by atoms with Gasteiger partial charge in [0.1, 0.15) is 18.5 Å². The first-order valence-electron chi connectivity index (χ1n) is 12.8. The predicted molar refractivity (Wildman–Crippen MR) is 126 cm³/mol. The van der Waals surface area contributed by atoms with E-state index in [9.17, 15) is 9.90 Å². The molecule has 0 saturated carbocycles. The number of unbranched alkanes of at least 4 members (excludes halogenated alkanes) is 15. The van der Waals surface area contributed by atoms with Gasteiger partial charge < -0.3 is 15.1 Å². The zero-order valence-corrected chi connectivity index (χ0v) is 19.8. The van der Waals surface area contributed by atoms with E-state index in [4.69, 9.17) is 5.11 Å². The quantitative estimate of drug-likeness (QED) is 0.218. The number of rotatable bonds is 20. The summed E-state index contributed by atoms with van der Waals surface area (Å²) in [6.45, 7) is 4.80. The SMILES string of the molecule is CCCCCCCCCCCCCCCCCC[C@@H]1N=C(CC(=O)O)N(CC)[C@@H]1O. The lowest BCUT2D eigenvalue weighted by Gasteiger charge is -2.24. The number of carboxylic acids is 1. The highest BCUT2D eigenvalue weighted by molar-refractivity contribution is 5.98. The van der Waals surface area contributed by atoms with Crippen molar-refractivity contribution in [3.8, 4) is 0 Å². The van der Waals surface area contributed by atoms with Gasteiger partial charge >= 0.3 is 5.97 Å². The number of nitrogens with zero attached hydrogens (tertiary/aromatic N) is 2. The lowest BCUT2D eigenvalue weighted by Crippen LogP contribution is -2.40. The van der Waals surface area contributed by atoms with Gasteiger partial charge in [-0.1, -0.05) is 110 Å². The Hall–Kier alpha value is -1.10. The minimum atomic E-state index is -0.887. The lowest BCUT2D eigenvalue weighted by molar-refractivity contribution is -0.135. The Labute approximate surface area is 185 Å². The second kappa shape index (κ2) is 17.6. The van der Waals surface area contributed by atoms with E-state index in [0.29, 0.717) is 12.4 Å². The van der Waals surface area contributed by atoms with Gasteiger partial charge in [-0.2, -0.15) is 0 Å². The highest BCUT2D eigenvalue weighted by Gasteiger charge is 2.33. The molecule has 1 aliphatic heterocycles. The molecule has 0 amide bonds. The van der Waals surface area contributed by atoms with E-state index in [0.717, 1.165) is 12.8 Å². The van der Waals surface area contributed by atoms with Crippen molar-refractivity contribution in [3.05, 3.63) is 0 Å². The molecule has 0 aliphatic carbocycles. The van der Waals surface area contributed by atoms with E-state index >= 15 is 0 Å². The number of likely N-dealkylation sites (N-methyl/N-ethyl adjacent to an activating group) is 1. The fraction of sp³-hybridized carbons (Fsp3) is 0.920. The summed E-state index contributed by atoms with van der Waals surface area (Å²) in [4.78, 5) is 17.2. The fourth-order valence-electron chi connectivity index (χ4n) is 4.46. The maximum absolute atomic E-state index is 11.0. The van der Waals surface area contributed by atoms with Crippen LogP contribution in [-0.4, -0.2) is 45.7 Å². The van der Waals surface area contributed by atoms with Gasteiger partial charge in [0.2, 0.25) is 0 Å². The van der Waals surface area contributed by atoms with Crippen LogP contribution in [0.3, 0.4) is 0 Å². The number of aliphatic hydroxyl groups is 1. The number of amidine groups is 1. The van der Waals surface area contributed by atoms with Crippen LogP contribution in [0.1, 0.15) is 129 Å². The molecule has 0 bridgehead atoms. The number of aliphatic hydroxyl groups excluding tert-OH is 1. The number of hydrogen-bond acceptors (Lipinski definition) is 4. The third-order valence-electron chi connectivity index (χ3n) is 6.31. The highest BCUT2D eigenvalue weighted by Crippen LogP contribution is 2.22. The molecule has 2 atom stereocenters. The molecule has 0 aromatic heterocycles. The molecule has 2 N–H and O–H groups in total. The predicted octanol–water partition coefficient (Wildman–Crippen LogP) is 6.53. The van der Waals surface area contributed by atoms with Crippen molar-refractivity contribution < 1.29 is 15.0 Å². The molecule has 1 rings (SSSR count). The summed E-state index contributed by atoms with van der Waals surface area (Å²) in [5, 5.41) is 19.4. The fourth-order valence-corrected chi connectivity index (χ4v) is 4.46. The number of carboxylic acid groups (broad SMARTS) is 1. The van der Waals surface area contributed by atoms with Crippen molar-refractivity contribution in [2.45, 2.75) is 142 Å².